The molecule has 1 rings (SSSR count). The lowest BCUT2D eigenvalue weighted by Gasteiger charge is -2.10. The van der Waals surface area contributed by atoms with Gasteiger partial charge in [-0.25, -0.2) is 0 Å². The van der Waals surface area contributed by atoms with Crippen molar-refractivity contribution in [3.8, 4) is 18.2 Å². The van der Waals surface area contributed by atoms with Gasteiger partial charge in [0.25, 0.3) is 0 Å². The summed E-state index contributed by atoms with van der Waals surface area (Å²) in [6, 6.07) is 9.65. The fraction of sp³-hybridized carbons (Fsp3) is 0. The Kier molecular flexibility index (Phi) is 4.85. The highest BCUT2D eigenvalue weighted by atomic mass is 35.5. The molecule has 0 aliphatic rings. The Morgan fingerprint density at radius 3 is 2.32 bits per heavy atom. The van der Waals surface area contributed by atoms with Crippen LogP contribution in [0.2, 0.25) is 5.02 Å². The summed E-state index contributed by atoms with van der Waals surface area (Å²) in [5, 5.41) is 29.5. The lowest BCUT2D eigenvalue weighted by atomic mass is 10.1. The highest BCUT2D eigenvalue weighted by Gasteiger charge is 2.11. The van der Waals surface area contributed by atoms with E-state index in [1.54, 1.807) is 30.3 Å². The van der Waals surface area contributed by atoms with Crippen LogP contribution >= 0.6 is 23.8 Å². The summed E-state index contributed by atoms with van der Waals surface area (Å²) in [5.74, 6) is 0. The van der Waals surface area contributed by atoms with E-state index in [1.807, 2.05) is 0 Å². The van der Waals surface area contributed by atoms with Crippen LogP contribution in [0.3, 0.4) is 0 Å². The second-order valence-corrected chi connectivity index (χ2v) is 4.14. The maximum Gasteiger partial charge on any atom is 0.163 e. The van der Waals surface area contributed by atoms with Gasteiger partial charge in [-0.2, -0.15) is 15.8 Å². The van der Waals surface area contributed by atoms with Gasteiger partial charge in [-0.15, -0.1) is 0 Å². The molecule has 1 aromatic rings. The second-order valence-electron chi connectivity index (χ2n) is 3.26. The topological polar surface area (TPSA) is 109 Å². The van der Waals surface area contributed by atoms with Gasteiger partial charge in [-0.1, -0.05) is 23.8 Å². The van der Waals surface area contributed by atoms with E-state index in [-0.39, 0.29) is 16.3 Å². The van der Waals surface area contributed by atoms with Crippen molar-refractivity contribution < 1.29 is 0 Å². The van der Waals surface area contributed by atoms with Crippen LogP contribution < -0.4 is 11.1 Å². The molecule has 0 spiro atoms. The van der Waals surface area contributed by atoms with Crippen molar-refractivity contribution in [3.63, 3.8) is 0 Å². The van der Waals surface area contributed by atoms with Crippen molar-refractivity contribution in [1.82, 2.24) is 0 Å². The number of allylic oxidation sites excluding steroid dienone is 2. The van der Waals surface area contributed by atoms with Crippen LogP contribution in [0.4, 0.5) is 5.69 Å². The third-order valence-electron chi connectivity index (χ3n) is 2.09. The molecule has 7 heteroatoms. The Labute approximate surface area is 120 Å². The molecule has 0 amide bonds. The number of anilines is 1. The Bertz CT molecular complexity index is 672. The molecule has 0 bridgehead atoms. The number of rotatable bonds is 3. The summed E-state index contributed by atoms with van der Waals surface area (Å²) in [7, 11) is 0. The molecular formula is C12H6ClN5S. The number of halogens is 1. The van der Waals surface area contributed by atoms with Gasteiger partial charge in [-0.05, 0) is 18.2 Å². The van der Waals surface area contributed by atoms with Crippen molar-refractivity contribution in [2.75, 3.05) is 5.32 Å². The van der Waals surface area contributed by atoms with E-state index in [0.717, 1.165) is 0 Å². The summed E-state index contributed by atoms with van der Waals surface area (Å²) in [5.41, 5.74) is 5.84. The first-order chi connectivity index (χ1) is 9.03. The zero-order valence-corrected chi connectivity index (χ0v) is 11.0. The van der Waals surface area contributed by atoms with E-state index < -0.39 is 0 Å². The smallest absolute Gasteiger partial charge is 0.163 e. The molecule has 0 atom stereocenters. The lowest BCUT2D eigenvalue weighted by molar-refractivity contribution is 1.37. The maximum absolute atomic E-state index is 8.95. The minimum atomic E-state index is -0.337. The number of nitrogens with zero attached hydrogens (tertiary/aromatic N) is 3. The maximum atomic E-state index is 8.95. The van der Waals surface area contributed by atoms with E-state index in [0.29, 0.717) is 16.3 Å². The number of nitrogens with two attached hydrogens (primary N) is 1. The van der Waals surface area contributed by atoms with E-state index in [9.17, 15) is 0 Å². The molecule has 0 heterocycles. The predicted octanol–water partition coefficient (Wildman–Crippen LogP) is 2.21. The van der Waals surface area contributed by atoms with Crippen LogP contribution in [0, 0.1) is 34.0 Å². The first kappa shape index (κ1) is 14.5. The molecule has 0 fully saturated rings. The normalized spacial score (nSPS) is 8.53. The third kappa shape index (κ3) is 3.43. The Hall–Kier alpha value is -2.59. The van der Waals surface area contributed by atoms with Gasteiger partial charge in [0, 0.05) is 10.6 Å². The van der Waals surface area contributed by atoms with E-state index in [1.165, 1.54) is 6.07 Å². The molecule has 0 aliphatic heterocycles. The van der Waals surface area contributed by atoms with Crippen molar-refractivity contribution in [1.29, 1.82) is 15.8 Å². The molecule has 92 valence electrons. The minimum absolute atomic E-state index is 0.104. The van der Waals surface area contributed by atoms with Crippen molar-refractivity contribution in [3.05, 3.63) is 40.1 Å². The molecule has 0 saturated heterocycles. The molecule has 3 N–H and O–H groups in total. The van der Waals surface area contributed by atoms with Gasteiger partial charge in [0.15, 0.2) is 5.57 Å². The van der Waals surface area contributed by atoms with Gasteiger partial charge >= 0.3 is 0 Å². The van der Waals surface area contributed by atoms with Crippen LogP contribution in [-0.2, 0) is 0 Å². The van der Waals surface area contributed by atoms with E-state index in [2.05, 4.69) is 5.32 Å². The van der Waals surface area contributed by atoms with Gasteiger partial charge in [0.1, 0.15) is 28.9 Å². The van der Waals surface area contributed by atoms with Crippen molar-refractivity contribution in [2.45, 2.75) is 0 Å². The number of benzene rings is 1. The summed E-state index contributed by atoms with van der Waals surface area (Å²) in [4.78, 5) is 0.104. The number of nitriles is 3. The Morgan fingerprint density at radius 2 is 1.84 bits per heavy atom. The Balaban J connectivity index is 3.35. The fourth-order valence-corrected chi connectivity index (χ4v) is 1.60. The molecule has 5 nitrogen and oxygen atoms in total. The average molecular weight is 288 g/mol. The van der Waals surface area contributed by atoms with Crippen molar-refractivity contribution in [2.24, 2.45) is 5.73 Å². The minimum Gasteiger partial charge on any atom is -0.389 e. The predicted molar refractivity (Wildman–Crippen MR) is 74.8 cm³/mol. The van der Waals surface area contributed by atoms with Gasteiger partial charge in [0.2, 0.25) is 0 Å². The molecule has 0 unspecified atom stereocenters. The van der Waals surface area contributed by atoms with Gasteiger partial charge in [-0.3, -0.25) is 0 Å². The standard InChI is InChI=1S/C12H6ClN5S/c13-8-1-2-9(12(17)19)10(3-8)18-11(6-16)7(4-14)5-15/h1-3,18H,(H2,17,19). The molecule has 0 radical (unpaired) electrons. The lowest BCUT2D eigenvalue weighted by Crippen LogP contribution is -2.13. The molecule has 1 aromatic carbocycles. The van der Waals surface area contributed by atoms with E-state index in [4.69, 9.17) is 45.3 Å². The number of nitrogens with one attached hydrogen (secondary N) is 1. The van der Waals surface area contributed by atoms with Crippen LogP contribution in [0.25, 0.3) is 0 Å². The largest absolute Gasteiger partial charge is 0.389 e. The number of hydrogen-bond donors (Lipinski definition) is 2. The second kappa shape index (κ2) is 6.37. The molecular weight excluding hydrogens is 282 g/mol. The zero-order valence-electron chi connectivity index (χ0n) is 9.44. The van der Waals surface area contributed by atoms with Crippen LogP contribution in [0.5, 0.6) is 0 Å². The van der Waals surface area contributed by atoms with Crippen LogP contribution in [0.15, 0.2) is 29.5 Å². The summed E-state index contributed by atoms with van der Waals surface area (Å²) < 4.78 is 0. The van der Waals surface area contributed by atoms with Gasteiger partial charge in [0.05, 0.1) is 5.69 Å². The molecule has 19 heavy (non-hydrogen) atoms. The summed E-state index contributed by atoms with van der Waals surface area (Å²) in [6.45, 7) is 0. The molecule has 0 saturated carbocycles. The zero-order chi connectivity index (χ0) is 14.4. The van der Waals surface area contributed by atoms with Crippen LogP contribution in [-0.4, -0.2) is 4.99 Å². The van der Waals surface area contributed by atoms with E-state index >= 15 is 0 Å². The summed E-state index contributed by atoms with van der Waals surface area (Å²) in [6.07, 6.45) is 0. The highest BCUT2D eigenvalue weighted by Crippen LogP contribution is 2.23. The first-order valence-corrected chi connectivity index (χ1v) is 5.63. The van der Waals surface area contributed by atoms with Crippen molar-refractivity contribution >= 4 is 34.5 Å². The quantitative estimate of drug-likeness (QED) is 0.651. The monoisotopic (exact) mass is 287 g/mol. The number of hydrogen-bond acceptors (Lipinski definition) is 5. The fourth-order valence-electron chi connectivity index (χ4n) is 1.25. The average Bonchev–Trinajstić information content (AvgIpc) is 2.38. The molecule has 0 aliphatic carbocycles. The first-order valence-electron chi connectivity index (χ1n) is 4.84. The van der Waals surface area contributed by atoms with Gasteiger partial charge < -0.3 is 11.1 Å². The summed E-state index contributed by atoms with van der Waals surface area (Å²) >= 11 is 10.7. The van der Waals surface area contributed by atoms with Crippen LogP contribution in [0.1, 0.15) is 5.56 Å². The molecule has 0 aromatic heterocycles. The number of thiocarbonyl (C=S) groups is 1. The highest BCUT2D eigenvalue weighted by molar-refractivity contribution is 7.80. The Morgan fingerprint density at radius 1 is 1.21 bits per heavy atom. The third-order valence-corrected chi connectivity index (χ3v) is 2.55. The SMILES string of the molecule is N#CC(C#N)=C(C#N)Nc1cc(Cl)ccc1C(N)=S.